The summed E-state index contributed by atoms with van der Waals surface area (Å²) < 4.78 is 5.81. The Morgan fingerprint density at radius 1 is 1.19 bits per heavy atom. The molecule has 0 spiro atoms. The molecule has 0 atom stereocenters. The van der Waals surface area contributed by atoms with Crippen molar-refractivity contribution in [3.63, 3.8) is 0 Å². The zero-order chi connectivity index (χ0) is 15.1. The van der Waals surface area contributed by atoms with E-state index in [2.05, 4.69) is 27.9 Å². The van der Waals surface area contributed by atoms with Crippen molar-refractivity contribution in [3.8, 4) is 0 Å². The standard InChI is InChI=1S/C15H14INO3S/c16-13-6-2-1-5-12(13)15(19)20-10-14(18)17-8-7-11-4-3-9-21-11/h1-6,9H,7-8,10H2,(H,17,18). The zero-order valence-electron chi connectivity index (χ0n) is 11.2. The number of ether oxygens (including phenoxy) is 1. The van der Waals surface area contributed by atoms with Crippen molar-refractivity contribution in [2.24, 2.45) is 0 Å². The Morgan fingerprint density at radius 3 is 2.71 bits per heavy atom. The number of hydrogen-bond donors (Lipinski definition) is 1. The molecular weight excluding hydrogens is 401 g/mol. The fourth-order valence-corrected chi connectivity index (χ4v) is 2.98. The third-order valence-corrected chi connectivity index (χ3v) is 4.58. The quantitative estimate of drug-likeness (QED) is 0.583. The second kappa shape index (κ2) is 8.14. The summed E-state index contributed by atoms with van der Waals surface area (Å²) >= 11 is 3.72. The summed E-state index contributed by atoms with van der Waals surface area (Å²) in [7, 11) is 0. The molecule has 0 saturated carbocycles. The Morgan fingerprint density at radius 2 is 2.00 bits per heavy atom. The first-order valence-corrected chi connectivity index (χ1v) is 8.33. The van der Waals surface area contributed by atoms with E-state index in [4.69, 9.17) is 4.74 Å². The third kappa shape index (κ3) is 5.13. The number of nitrogens with one attached hydrogen (secondary N) is 1. The number of benzene rings is 1. The van der Waals surface area contributed by atoms with Gasteiger partial charge in [0.2, 0.25) is 0 Å². The molecule has 0 unspecified atom stereocenters. The SMILES string of the molecule is O=C(COC(=O)c1ccccc1I)NCCc1cccs1. The molecule has 1 aromatic heterocycles. The lowest BCUT2D eigenvalue weighted by molar-refractivity contribution is -0.124. The number of rotatable bonds is 6. The van der Waals surface area contributed by atoms with Crippen LogP contribution in [0.3, 0.4) is 0 Å². The molecule has 4 nitrogen and oxygen atoms in total. The average Bonchev–Trinajstić information content (AvgIpc) is 2.98. The fourth-order valence-electron chi connectivity index (χ4n) is 1.67. The van der Waals surface area contributed by atoms with Crippen LogP contribution in [-0.4, -0.2) is 25.0 Å². The lowest BCUT2D eigenvalue weighted by Crippen LogP contribution is -2.30. The lowest BCUT2D eigenvalue weighted by Gasteiger charge is -2.07. The summed E-state index contributed by atoms with van der Waals surface area (Å²) in [6.07, 6.45) is 0.786. The highest BCUT2D eigenvalue weighted by Gasteiger charge is 2.12. The van der Waals surface area contributed by atoms with E-state index in [1.807, 2.05) is 29.6 Å². The van der Waals surface area contributed by atoms with E-state index < -0.39 is 5.97 Å². The number of halogens is 1. The van der Waals surface area contributed by atoms with Crippen LogP contribution in [0.5, 0.6) is 0 Å². The molecule has 6 heteroatoms. The molecule has 2 rings (SSSR count). The molecule has 0 saturated heterocycles. The fraction of sp³-hybridized carbons (Fsp3) is 0.200. The van der Waals surface area contributed by atoms with Crippen LogP contribution < -0.4 is 5.32 Å². The van der Waals surface area contributed by atoms with E-state index in [0.29, 0.717) is 12.1 Å². The van der Waals surface area contributed by atoms with Gasteiger partial charge in [-0.15, -0.1) is 11.3 Å². The van der Waals surface area contributed by atoms with Crippen molar-refractivity contribution in [2.75, 3.05) is 13.2 Å². The Kier molecular flexibility index (Phi) is 6.19. The van der Waals surface area contributed by atoms with Crippen LogP contribution in [0.25, 0.3) is 0 Å². The molecule has 0 bridgehead atoms. The Balaban J connectivity index is 1.71. The first-order valence-electron chi connectivity index (χ1n) is 6.37. The number of amides is 1. The highest BCUT2D eigenvalue weighted by molar-refractivity contribution is 14.1. The third-order valence-electron chi connectivity index (χ3n) is 2.70. The van der Waals surface area contributed by atoms with Gasteiger partial charge in [-0.05, 0) is 52.6 Å². The summed E-state index contributed by atoms with van der Waals surface area (Å²) in [6, 6.07) is 11.1. The van der Waals surface area contributed by atoms with Gasteiger partial charge in [-0.25, -0.2) is 4.79 Å². The molecule has 0 fully saturated rings. The van der Waals surface area contributed by atoms with Gasteiger partial charge in [0.25, 0.3) is 5.91 Å². The molecular formula is C15H14INO3S. The van der Waals surface area contributed by atoms with Crippen molar-refractivity contribution < 1.29 is 14.3 Å². The van der Waals surface area contributed by atoms with Gasteiger partial charge in [0.1, 0.15) is 0 Å². The van der Waals surface area contributed by atoms with Gasteiger partial charge in [-0.3, -0.25) is 4.79 Å². The van der Waals surface area contributed by atoms with Gasteiger partial charge in [0.15, 0.2) is 6.61 Å². The van der Waals surface area contributed by atoms with Crippen molar-refractivity contribution in [2.45, 2.75) is 6.42 Å². The van der Waals surface area contributed by atoms with E-state index in [1.165, 1.54) is 4.88 Å². The first kappa shape index (κ1) is 16.0. The van der Waals surface area contributed by atoms with Crippen molar-refractivity contribution in [1.29, 1.82) is 0 Å². The molecule has 0 aliphatic carbocycles. The summed E-state index contributed by atoms with van der Waals surface area (Å²) in [6.45, 7) is 0.286. The Bertz CT molecular complexity index is 613. The smallest absolute Gasteiger partial charge is 0.339 e. The highest BCUT2D eigenvalue weighted by atomic mass is 127. The van der Waals surface area contributed by atoms with Crippen LogP contribution in [0.1, 0.15) is 15.2 Å². The molecule has 110 valence electrons. The summed E-state index contributed by atoms with van der Waals surface area (Å²) in [5.41, 5.74) is 0.476. The van der Waals surface area contributed by atoms with Crippen LogP contribution in [0.4, 0.5) is 0 Å². The molecule has 0 aliphatic rings. The first-order chi connectivity index (χ1) is 10.2. The maximum absolute atomic E-state index is 11.8. The monoisotopic (exact) mass is 415 g/mol. The molecule has 1 aromatic carbocycles. The summed E-state index contributed by atoms with van der Waals surface area (Å²) in [4.78, 5) is 24.6. The molecule has 1 heterocycles. The summed E-state index contributed by atoms with van der Waals surface area (Å²) in [5, 5.41) is 4.73. The van der Waals surface area contributed by atoms with E-state index in [9.17, 15) is 9.59 Å². The minimum absolute atomic E-state index is 0.256. The van der Waals surface area contributed by atoms with Crippen LogP contribution in [-0.2, 0) is 16.0 Å². The van der Waals surface area contributed by atoms with Gasteiger partial charge in [0.05, 0.1) is 5.56 Å². The van der Waals surface area contributed by atoms with Crippen LogP contribution >= 0.6 is 33.9 Å². The lowest BCUT2D eigenvalue weighted by atomic mass is 10.2. The molecule has 1 N–H and O–H groups in total. The zero-order valence-corrected chi connectivity index (χ0v) is 14.1. The predicted octanol–water partition coefficient (Wildman–Crippen LogP) is 2.87. The summed E-state index contributed by atoms with van der Waals surface area (Å²) in [5.74, 6) is -0.765. The largest absolute Gasteiger partial charge is 0.452 e. The van der Waals surface area contributed by atoms with Gasteiger partial charge in [-0.2, -0.15) is 0 Å². The number of esters is 1. The van der Waals surface area contributed by atoms with Crippen molar-refractivity contribution >= 4 is 45.8 Å². The van der Waals surface area contributed by atoms with Crippen LogP contribution in [0, 0.1) is 3.57 Å². The highest BCUT2D eigenvalue weighted by Crippen LogP contribution is 2.12. The minimum Gasteiger partial charge on any atom is -0.452 e. The number of hydrogen-bond acceptors (Lipinski definition) is 4. The molecule has 1 amide bonds. The second-order valence-corrected chi connectivity index (χ2v) is 6.43. The Labute approximate surface area is 140 Å². The van der Waals surface area contributed by atoms with Crippen molar-refractivity contribution in [1.82, 2.24) is 5.32 Å². The molecule has 0 radical (unpaired) electrons. The normalized spacial score (nSPS) is 10.1. The van der Waals surface area contributed by atoms with Crippen molar-refractivity contribution in [3.05, 3.63) is 55.8 Å². The predicted molar refractivity (Wildman–Crippen MR) is 90.5 cm³/mol. The van der Waals surface area contributed by atoms with E-state index in [1.54, 1.807) is 23.5 Å². The van der Waals surface area contributed by atoms with Gasteiger partial charge in [-0.1, -0.05) is 18.2 Å². The van der Waals surface area contributed by atoms with E-state index in [-0.39, 0.29) is 12.5 Å². The number of carbonyl (C=O) groups is 2. The van der Waals surface area contributed by atoms with E-state index in [0.717, 1.165) is 9.99 Å². The molecule has 0 aliphatic heterocycles. The average molecular weight is 415 g/mol. The maximum Gasteiger partial charge on any atom is 0.339 e. The Hall–Kier alpha value is -1.41. The number of carbonyl (C=O) groups excluding carboxylic acids is 2. The van der Waals surface area contributed by atoms with Gasteiger partial charge < -0.3 is 10.1 Å². The van der Waals surface area contributed by atoms with Crippen LogP contribution in [0.15, 0.2) is 41.8 Å². The number of thiophene rings is 1. The topological polar surface area (TPSA) is 55.4 Å². The second-order valence-electron chi connectivity index (χ2n) is 4.24. The molecule has 21 heavy (non-hydrogen) atoms. The van der Waals surface area contributed by atoms with Gasteiger partial charge in [0, 0.05) is 15.0 Å². The minimum atomic E-state index is -0.478. The van der Waals surface area contributed by atoms with E-state index >= 15 is 0 Å². The van der Waals surface area contributed by atoms with Gasteiger partial charge >= 0.3 is 5.97 Å². The maximum atomic E-state index is 11.8. The van der Waals surface area contributed by atoms with Crippen LogP contribution in [0.2, 0.25) is 0 Å². The molecule has 2 aromatic rings.